The molecule has 0 spiro atoms. The minimum atomic E-state index is -0.294. The Bertz CT molecular complexity index is 1240. The number of hydrogen-bond acceptors (Lipinski definition) is 3. The molecule has 0 saturated heterocycles. The van der Waals surface area contributed by atoms with E-state index < -0.39 is 0 Å². The van der Waals surface area contributed by atoms with Gasteiger partial charge >= 0.3 is 0 Å². The number of amides is 1. The van der Waals surface area contributed by atoms with E-state index in [9.17, 15) is 9.18 Å². The van der Waals surface area contributed by atoms with Gasteiger partial charge in [0.25, 0.3) is 5.91 Å². The monoisotopic (exact) mass is 384 g/mol. The standard InChI is InChI=1S/C23H17FN4O/c24-17-8-6-16(7-9-17)19(13-15-3-2-10-25-14-15)22-27-20-5-1-4-18-21(20)28(22)12-11-26-23(18)29/h1-10,13-14H,11-12H2,(H,26,29)/b19-13-. The molecule has 3 heterocycles. The maximum absolute atomic E-state index is 13.6. The lowest BCUT2D eigenvalue weighted by atomic mass is 10.0. The average Bonchev–Trinajstić information content (AvgIpc) is 3.02. The summed E-state index contributed by atoms with van der Waals surface area (Å²) in [6.45, 7) is 1.11. The molecule has 5 nitrogen and oxygen atoms in total. The summed E-state index contributed by atoms with van der Waals surface area (Å²) >= 11 is 0. The maximum Gasteiger partial charge on any atom is 0.253 e. The molecule has 0 unspecified atom stereocenters. The molecule has 1 aliphatic heterocycles. The number of pyridine rings is 1. The predicted molar refractivity (Wildman–Crippen MR) is 110 cm³/mol. The van der Waals surface area contributed by atoms with Gasteiger partial charge < -0.3 is 9.88 Å². The number of nitrogens with zero attached hydrogens (tertiary/aromatic N) is 3. The number of nitrogens with one attached hydrogen (secondary N) is 1. The van der Waals surface area contributed by atoms with Gasteiger partial charge in [0.2, 0.25) is 0 Å². The molecule has 2 aromatic heterocycles. The van der Waals surface area contributed by atoms with Crippen LogP contribution in [-0.2, 0) is 6.54 Å². The zero-order chi connectivity index (χ0) is 19.8. The normalized spacial score (nSPS) is 14.0. The molecule has 6 heteroatoms. The summed E-state index contributed by atoms with van der Waals surface area (Å²) in [5.74, 6) is 0.345. The van der Waals surface area contributed by atoms with Gasteiger partial charge in [0.15, 0.2) is 0 Å². The minimum absolute atomic E-state index is 0.0969. The van der Waals surface area contributed by atoms with Crippen molar-refractivity contribution in [2.75, 3.05) is 6.54 Å². The van der Waals surface area contributed by atoms with Crippen molar-refractivity contribution in [1.82, 2.24) is 19.9 Å². The number of halogens is 1. The first-order valence-corrected chi connectivity index (χ1v) is 9.36. The molecule has 0 fully saturated rings. The molecule has 5 rings (SSSR count). The van der Waals surface area contributed by atoms with E-state index in [2.05, 4.69) is 14.9 Å². The SMILES string of the molecule is O=C1NCCn2c(/C(=C\c3cccnc3)c3ccc(F)cc3)nc3cccc1c32. The van der Waals surface area contributed by atoms with Crippen LogP contribution < -0.4 is 5.32 Å². The van der Waals surface area contributed by atoms with Crippen LogP contribution in [0.4, 0.5) is 4.39 Å². The van der Waals surface area contributed by atoms with Crippen LogP contribution >= 0.6 is 0 Å². The quantitative estimate of drug-likeness (QED) is 0.583. The lowest BCUT2D eigenvalue weighted by molar-refractivity contribution is 0.0956. The second-order valence-electron chi connectivity index (χ2n) is 6.87. The van der Waals surface area contributed by atoms with E-state index in [1.807, 2.05) is 36.4 Å². The summed E-state index contributed by atoms with van der Waals surface area (Å²) < 4.78 is 15.6. The maximum atomic E-state index is 13.6. The van der Waals surface area contributed by atoms with Crippen LogP contribution in [0.15, 0.2) is 67.0 Å². The zero-order valence-electron chi connectivity index (χ0n) is 15.5. The van der Waals surface area contributed by atoms with E-state index in [0.717, 1.165) is 33.6 Å². The molecule has 142 valence electrons. The highest BCUT2D eigenvalue weighted by molar-refractivity contribution is 6.06. The van der Waals surface area contributed by atoms with Crippen molar-refractivity contribution in [2.45, 2.75) is 6.54 Å². The van der Waals surface area contributed by atoms with Gasteiger partial charge in [-0.1, -0.05) is 24.3 Å². The molecule has 0 radical (unpaired) electrons. The first-order chi connectivity index (χ1) is 14.2. The summed E-state index contributed by atoms with van der Waals surface area (Å²) in [6.07, 6.45) is 5.48. The van der Waals surface area contributed by atoms with Crippen LogP contribution in [0, 0.1) is 5.82 Å². The Balaban J connectivity index is 1.79. The first-order valence-electron chi connectivity index (χ1n) is 9.36. The number of imidazole rings is 1. The second-order valence-corrected chi connectivity index (χ2v) is 6.87. The molecule has 0 bridgehead atoms. The van der Waals surface area contributed by atoms with Crippen LogP contribution in [0.5, 0.6) is 0 Å². The number of hydrogen-bond donors (Lipinski definition) is 1. The van der Waals surface area contributed by atoms with Gasteiger partial charge in [-0.05, 0) is 47.5 Å². The van der Waals surface area contributed by atoms with Crippen LogP contribution in [-0.4, -0.2) is 27.0 Å². The summed E-state index contributed by atoms with van der Waals surface area (Å²) in [7, 11) is 0. The van der Waals surface area contributed by atoms with E-state index in [1.54, 1.807) is 24.5 Å². The molecule has 1 amide bonds. The topological polar surface area (TPSA) is 59.8 Å². The van der Waals surface area contributed by atoms with Gasteiger partial charge in [-0.25, -0.2) is 9.37 Å². The van der Waals surface area contributed by atoms with Crippen LogP contribution in [0.25, 0.3) is 22.7 Å². The molecule has 2 aromatic carbocycles. The number of carbonyl (C=O) groups excluding carboxylic acids is 1. The Morgan fingerprint density at radius 2 is 1.97 bits per heavy atom. The molecular weight excluding hydrogens is 367 g/mol. The van der Waals surface area contributed by atoms with Gasteiger partial charge in [-0.15, -0.1) is 0 Å². The highest BCUT2D eigenvalue weighted by Gasteiger charge is 2.23. The van der Waals surface area contributed by atoms with Crippen molar-refractivity contribution in [3.63, 3.8) is 0 Å². The van der Waals surface area contributed by atoms with Gasteiger partial charge in [0.05, 0.1) is 16.6 Å². The second kappa shape index (κ2) is 6.98. The van der Waals surface area contributed by atoms with E-state index in [4.69, 9.17) is 4.98 Å². The van der Waals surface area contributed by atoms with E-state index in [0.29, 0.717) is 18.7 Å². The fourth-order valence-corrected chi connectivity index (χ4v) is 3.70. The highest BCUT2D eigenvalue weighted by Crippen LogP contribution is 2.31. The molecule has 0 saturated carbocycles. The minimum Gasteiger partial charge on any atom is -0.350 e. The molecular formula is C23H17FN4O. The molecule has 0 aliphatic carbocycles. The molecule has 0 atom stereocenters. The predicted octanol–water partition coefficient (Wildman–Crippen LogP) is 3.90. The van der Waals surface area contributed by atoms with Crippen molar-refractivity contribution >= 4 is 28.6 Å². The van der Waals surface area contributed by atoms with Gasteiger partial charge in [-0.3, -0.25) is 9.78 Å². The third kappa shape index (κ3) is 3.08. The Morgan fingerprint density at radius 3 is 2.76 bits per heavy atom. The number of para-hydroxylation sites is 1. The Hall–Kier alpha value is -3.80. The molecule has 29 heavy (non-hydrogen) atoms. The molecule has 1 N–H and O–H groups in total. The zero-order valence-corrected chi connectivity index (χ0v) is 15.5. The highest BCUT2D eigenvalue weighted by atomic mass is 19.1. The van der Waals surface area contributed by atoms with E-state index in [1.165, 1.54) is 12.1 Å². The smallest absolute Gasteiger partial charge is 0.253 e. The summed E-state index contributed by atoms with van der Waals surface area (Å²) in [4.78, 5) is 21.5. The van der Waals surface area contributed by atoms with Crippen molar-refractivity contribution in [1.29, 1.82) is 0 Å². The van der Waals surface area contributed by atoms with E-state index in [-0.39, 0.29) is 11.7 Å². The Morgan fingerprint density at radius 1 is 1.10 bits per heavy atom. The van der Waals surface area contributed by atoms with Crippen LogP contribution in [0.2, 0.25) is 0 Å². The fraction of sp³-hybridized carbons (Fsp3) is 0.0870. The number of rotatable bonds is 3. The van der Waals surface area contributed by atoms with Gasteiger partial charge in [0, 0.05) is 31.1 Å². The lowest BCUT2D eigenvalue weighted by Crippen LogP contribution is -2.24. The summed E-state index contributed by atoms with van der Waals surface area (Å²) in [6, 6.07) is 15.7. The van der Waals surface area contributed by atoms with Crippen molar-refractivity contribution in [3.05, 3.63) is 95.3 Å². The number of aromatic nitrogens is 3. The third-order valence-corrected chi connectivity index (χ3v) is 5.02. The lowest BCUT2D eigenvalue weighted by Gasteiger charge is -2.12. The van der Waals surface area contributed by atoms with Crippen LogP contribution in [0.3, 0.4) is 0 Å². The largest absolute Gasteiger partial charge is 0.350 e. The number of benzene rings is 2. The van der Waals surface area contributed by atoms with Crippen molar-refractivity contribution < 1.29 is 9.18 Å². The summed E-state index contributed by atoms with van der Waals surface area (Å²) in [5, 5.41) is 2.93. The van der Waals surface area contributed by atoms with Gasteiger partial charge in [0.1, 0.15) is 11.6 Å². The Labute approximate surface area is 166 Å². The Kier molecular flexibility index (Phi) is 4.17. The number of carbonyl (C=O) groups is 1. The first kappa shape index (κ1) is 17.3. The fourth-order valence-electron chi connectivity index (χ4n) is 3.70. The van der Waals surface area contributed by atoms with Crippen molar-refractivity contribution in [2.24, 2.45) is 0 Å². The third-order valence-electron chi connectivity index (χ3n) is 5.02. The average molecular weight is 384 g/mol. The molecule has 1 aliphatic rings. The van der Waals surface area contributed by atoms with Crippen LogP contribution in [0.1, 0.15) is 27.3 Å². The molecule has 4 aromatic rings. The van der Waals surface area contributed by atoms with Crippen molar-refractivity contribution in [3.8, 4) is 0 Å². The van der Waals surface area contributed by atoms with E-state index >= 15 is 0 Å². The van der Waals surface area contributed by atoms with Gasteiger partial charge in [-0.2, -0.15) is 0 Å². The summed E-state index contributed by atoms with van der Waals surface area (Å²) in [5.41, 5.74) is 4.78.